The van der Waals surface area contributed by atoms with Gasteiger partial charge in [-0.3, -0.25) is 4.99 Å². The van der Waals surface area contributed by atoms with Gasteiger partial charge in [0.05, 0.1) is 12.3 Å². The second-order valence-electron chi connectivity index (χ2n) is 6.55. The fourth-order valence-electron chi connectivity index (χ4n) is 3.50. The van der Waals surface area contributed by atoms with Crippen LogP contribution in [-0.4, -0.2) is 42.3 Å². The number of benzene rings is 1. The lowest BCUT2D eigenvalue weighted by Gasteiger charge is -2.13. The van der Waals surface area contributed by atoms with Crippen molar-refractivity contribution in [3.63, 3.8) is 0 Å². The average molecular weight is 306 g/mol. The van der Waals surface area contributed by atoms with Crippen molar-refractivity contribution < 1.29 is 0 Å². The normalized spacial score (nSPS) is 20.4. The highest BCUT2D eigenvalue weighted by Gasteiger charge is 2.20. The minimum Gasteiger partial charge on any atom is -0.370 e. The Morgan fingerprint density at radius 3 is 3.04 bits per heavy atom. The van der Waals surface area contributed by atoms with Gasteiger partial charge in [-0.05, 0) is 43.6 Å². The number of rotatable bonds is 4. The van der Waals surface area contributed by atoms with E-state index in [1.165, 1.54) is 30.6 Å². The van der Waals surface area contributed by atoms with Crippen LogP contribution in [-0.2, 0) is 6.54 Å². The van der Waals surface area contributed by atoms with E-state index < -0.39 is 0 Å². The summed E-state index contributed by atoms with van der Waals surface area (Å²) in [5.41, 5.74) is 4.80. The Bertz CT molecular complexity index is 738. The molecule has 4 heteroatoms. The number of nitrogens with zero attached hydrogens (tertiary/aromatic N) is 3. The highest BCUT2D eigenvalue weighted by Crippen LogP contribution is 2.23. The lowest BCUT2D eigenvalue weighted by Crippen LogP contribution is -2.19. The van der Waals surface area contributed by atoms with Gasteiger partial charge < -0.3 is 10.2 Å². The number of aliphatic imine (C=N–C) groups is 1. The molecule has 23 heavy (non-hydrogen) atoms. The third-order valence-corrected chi connectivity index (χ3v) is 4.77. The summed E-state index contributed by atoms with van der Waals surface area (Å²) in [6.07, 6.45) is 3.14. The summed E-state index contributed by atoms with van der Waals surface area (Å²) in [6, 6.07) is 12.6. The number of hydrogen-bond acceptors (Lipinski definition) is 4. The molecular formula is C19H22N4. The number of fused-ring (bicyclic) bond motifs is 1. The molecule has 118 valence electrons. The van der Waals surface area contributed by atoms with Crippen molar-refractivity contribution in [2.45, 2.75) is 13.0 Å². The van der Waals surface area contributed by atoms with Crippen LogP contribution in [0, 0.1) is 5.92 Å². The maximum atomic E-state index is 4.72. The third-order valence-electron chi connectivity index (χ3n) is 4.77. The van der Waals surface area contributed by atoms with E-state index in [4.69, 9.17) is 4.99 Å². The predicted octanol–water partition coefficient (Wildman–Crippen LogP) is 2.80. The molecule has 1 aromatic heterocycles. The molecule has 2 aliphatic heterocycles. The molecular weight excluding hydrogens is 284 g/mol. The maximum absolute atomic E-state index is 4.72. The fourth-order valence-corrected chi connectivity index (χ4v) is 3.50. The lowest BCUT2D eigenvalue weighted by atomic mass is 10.0. The van der Waals surface area contributed by atoms with Gasteiger partial charge in [-0.2, -0.15) is 0 Å². The monoisotopic (exact) mass is 306 g/mol. The highest BCUT2D eigenvalue weighted by molar-refractivity contribution is 6.15. The second kappa shape index (κ2) is 6.13. The van der Waals surface area contributed by atoms with Gasteiger partial charge in [-0.1, -0.05) is 24.3 Å². The fraction of sp³-hybridized carbons (Fsp3) is 0.368. The molecule has 0 saturated carbocycles. The van der Waals surface area contributed by atoms with Crippen LogP contribution in [0.15, 0.2) is 47.6 Å². The minimum atomic E-state index is 0.718. The van der Waals surface area contributed by atoms with Crippen molar-refractivity contribution in [1.29, 1.82) is 0 Å². The van der Waals surface area contributed by atoms with E-state index in [1.807, 2.05) is 6.20 Å². The van der Waals surface area contributed by atoms with Crippen LogP contribution in [0.1, 0.15) is 23.1 Å². The van der Waals surface area contributed by atoms with E-state index in [2.05, 4.69) is 58.6 Å². The molecule has 0 radical (unpaired) electrons. The quantitative estimate of drug-likeness (QED) is 0.944. The Labute approximate surface area is 137 Å². The Kier molecular flexibility index (Phi) is 3.83. The average Bonchev–Trinajstić information content (AvgIpc) is 3.19. The first-order valence-electron chi connectivity index (χ1n) is 8.31. The summed E-state index contributed by atoms with van der Waals surface area (Å²) < 4.78 is 0. The number of likely N-dealkylation sites (tertiary alicyclic amines) is 1. The smallest absolute Gasteiger partial charge is 0.126 e. The zero-order valence-corrected chi connectivity index (χ0v) is 13.5. The molecule has 0 spiro atoms. The first-order chi connectivity index (χ1) is 11.3. The van der Waals surface area contributed by atoms with Crippen LogP contribution in [0.25, 0.3) is 0 Å². The van der Waals surface area contributed by atoms with Gasteiger partial charge in [0.1, 0.15) is 5.82 Å². The summed E-state index contributed by atoms with van der Waals surface area (Å²) in [5, 5.41) is 3.50. The summed E-state index contributed by atoms with van der Waals surface area (Å²) >= 11 is 0. The molecule has 4 nitrogen and oxygen atoms in total. The Morgan fingerprint density at radius 1 is 1.26 bits per heavy atom. The molecule has 1 atom stereocenters. The van der Waals surface area contributed by atoms with Gasteiger partial charge in [0.25, 0.3) is 0 Å². The molecule has 0 aliphatic carbocycles. The van der Waals surface area contributed by atoms with Crippen molar-refractivity contribution >= 4 is 11.5 Å². The van der Waals surface area contributed by atoms with Gasteiger partial charge in [0.2, 0.25) is 0 Å². The van der Waals surface area contributed by atoms with E-state index in [0.29, 0.717) is 0 Å². The van der Waals surface area contributed by atoms with E-state index in [0.717, 1.165) is 36.1 Å². The first kappa shape index (κ1) is 14.4. The molecule has 1 aromatic carbocycles. The highest BCUT2D eigenvalue weighted by atomic mass is 15.1. The lowest BCUT2D eigenvalue weighted by molar-refractivity contribution is 0.399. The van der Waals surface area contributed by atoms with Gasteiger partial charge in [0.15, 0.2) is 0 Å². The minimum absolute atomic E-state index is 0.718. The molecule has 1 N–H and O–H groups in total. The number of pyridine rings is 1. The Balaban J connectivity index is 1.49. The topological polar surface area (TPSA) is 40.5 Å². The number of nitrogens with one attached hydrogen (secondary N) is 1. The first-order valence-corrected chi connectivity index (χ1v) is 8.31. The van der Waals surface area contributed by atoms with Crippen LogP contribution in [0.5, 0.6) is 0 Å². The Hall–Kier alpha value is -2.20. The van der Waals surface area contributed by atoms with E-state index in [-0.39, 0.29) is 0 Å². The summed E-state index contributed by atoms with van der Waals surface area (Å²) in [7, 11) is 2.19. The number of anilines is 1. The Morgan fingerprint density at radius 2 is 2.17 bits per heavy atom. The molecule has 1 unspecified atom stereocenters. The molecule has 1 fully saturated rings. The molecule has 3 heterocycles. The third kappa shape index (κ3) is 2.99. The van der Waals surface area contributed by atoms with Crippen LogP contribution in [0.4, 0.5) is 5.82 Å². The van der Waals surface area contributed by atoms with Gasteiger partial charge in [0, 0.05) is 30.4 Å². The van der Waals surface area contributed by atoms with Gasteiger partial charge in [-0.15, -0.1) is 0 Å². The number of aromatic nitrogens is 1. The molecule has 2 aliphatic rings. The van der Waals surface area contributed by atoms with Crippen molar-refractivity contribution in [1.82, 2.24) is 9.88 Å². The predicted molar refractivity (Wildman–Crippen MR) is 94.1 cm³/mol. The second-order valence-corrected chi connectivity index (χ2v) is 6.55. The SMILES string of the molecule is CN1CCC(CNc2cc(C3=NCc4ccccc43)ccn2)C1. The van der Waals surface area contributed by atoms with Crippen molar-refractivity contribution in [3.8, 4) is 0 Å². The standard InChI is InChI=1S/C19H22N4/c1-23-9-7-14(13-23)11-21-18-10-15(6-8-20-18)19-17-5-3-2-4-16(17)12-22-19/h2-6,8,10,14H,7,9,11-13H2,1H3,(H,20,21). The van der Waals surface area contributed by atoms with Crippen molar-refractivity contribution in [2.75, 3.05) is 32.0 Å². The zero-order valence-electron chi connectivity index (χ0n) is 13.5. The molecule has 2 aromatic rings. The van der Waals surface area contributed by atoms with Gasteiger partial charge >= 0.3 is 0 Å². The van der Waals surface area contributed by atoms with Crippen molar-refractivity contribution in [2.24, 2.45) is 10.9 Å². The number of hydrogen-bond donors (Lipinski definition) is 1. The molecule has 4 rings (SSSR count). The summed E-state index contributed by atoms with van der Waals surface area (Å²) in [5.74, 6) is 1.67. The maximum Gasteiger partial charge on any atom is 0.126 e. The molecule has 0 amide bonds. The van der Waals surface area contributed by atoms with E-state index >= 15 is 0 Å². The molecule has 1 saturated heterocycles. The van der Waals surface area contributed by atoms with Crippen molar-refractivity contribution in [3.05, 3.63) is 59.3 Å². The zero-order chi connectivity index (χ0) is 15.6. The van der Waals surface area contributed by atoms with Crippen LogP contribution >= 0.6 is 0 Å². The summed E-state index contributed by atoms with van der Waals surface area (Å²) in [6.45, 7) is 4.15. The van der Waals surface area contributed by atoms with E-state index in [9.17, 15) is 0 Å². The van der Waals surface area contributed by atoms with Crippen LogP contribution in [0.3, 0.4) is 0 Å². The van der Waals surface area contributed by atoms with Crippen LogP contribution < -0.4 is 5.32 Å². The van der Waals surface area contributed by atoms with E-state index in [1.54, 1.807) is 0 Å². The largest absolute Gasteiger partial charge is 0.370 e. The molecule has 0 bridgehead atoms. The van der Waals surface area contributed by atoms with Gasteiger partial charge in [-0.25, -0.2) is 4.98 Å². The van der Waals surface area contributed by atoms with Crippen LogP contribution in [0.2, 0.25) is 0 Å². The summed E-state index contributed by atoms with van der Waals surface area (Å²) in [4.78, 5) is 11.6.